The first kappa shape index (κ1) is 26.6. The average molecular weight is 551 g/mol. The summed E-state index contributed by atoms with van der Waals surface area (Å²) < 4.78 is 38.6. The van der Waals surface area contributed by atoms with Crippen LogP contribution in [-0.2, 0) is 4.79 Å². The number of pyridine rings is 2. The van der Waals surface area contributed by atoms with Crippen LogP contribution in [0.3, 0.4) is 0 Å². The zero-order chi connectivity index (χ0) is 27.1. The smallest absolute Gasteiger partial charge is 0.384 e. The lowest BCUT2D eigenvalue weighted by Gasteiger charge is -2.39. The molecule has 0 saturated carbocycles. The highest BCUT2D eigenvalue weighted by Gasteiger charge is 2.58. The average Bonchev–Trinajstić information content (AvgIpc) is 3.09. The number of hydrogen-bond acceptors (Lipinski definition) is 7. The normalized spacial score (nSPS) is 19.6. The highest BCUT2D eigenvalue weighted by molar-refractivity contribution is 8.00. The van der Waals surface area contributed by atoms with Gasteiger partial charge in [0.2, 0.25) is 0 Å². The summed E-state index contributed by atoms with van der Waals surface area (Å²) in [6, 6.07) is 9.39. The molecule has 8 nitrogen and oxygen atoms in total. The van der Waals surface area contributed by atoms with Gasteiger partial charge in [-0.2, -0.15) is 13.2 Å². The number of halogens is 4. The third-order valence-corrected chi connectivity index (χ3v) is 7.68. The molecule has 4 rings (SSSR count). The fraction of sp³-hybridized carbons (Fsp3) is 0.250. The standard InChI is InChI=1S/C24H22ClF3N6O2S/c1-12(14-5-7-31-19(29)9-14)23(13(2)15-6-8-32-20(30)10-15)21(35)34(22(36)33-23)16-3-4-18(17(25)11-16)37-24(26,27)28/h3-13H,1-2H3,(H2,29,31)(H2,30,32)(H,33,36). The Morgan fingerprint density at radius 3 is 1.97 bits per heavy atom. The molecular formula is C24H22ClF3N6O2S. The van der Waals surface area contributed by atoms with Crippen LogP contribution in [0.1, 0.15) is 36.8 Å². The molecule has 3 heterocycles. The minimum atomic E-state index is -4.55. The van der Waals surface area contributed by atoms with Crippen molar-refractivity contribution in [2.24, 2.45) is 0 Å². The van der Waals surface area contributed by atoms with Gasteiger partial charge in [0.1, 0.15) is 17.2 Å². The summed E-state index contributed by atoms with van der Waals surface area (Å²) >= 11 is 5.72. The van der Waals surface area contributed by atoms with E-state index in [2.05, 4.69) is 15.3 Å². The number of aromatic nitrogens is 2. The highest BCUT2D eigenvalue weighted by Crippen LogP contribution is 2.46. The van der Waals surface area contributed by atoms with Crippen molar-refractivity contribution in [3.05, 3.63) is 71.0 Å². The lowest BCUT2D eigenvalue weighted by Crippen LogP contribution is -2.55. The molecule has 1 saturated heterocycles. The van der Waals surface area contributed by atoms with Crippen molar-refractivity contribution >= 4 is 52.6 Å². The number of imide groups is 1. The molecule has 13 heteroatoms. The Morgan fingerprint density at radius 1 is 0.973 bits per heavy atom. The van der Waals surface area contributed by atoms with Gasteiger partial charge in [-0.05, 0) is 65.4 Å². The van der Waals surface area contributed by atoms with Crippen molar-refractivity contribution in [3.8, 4) is 0 Å². The zero-order valence-electron chi connectivity index (χ0n) is 19.6. The van der Waals surface area contributed by atoms with E-state index in [-0.39, 0.29) is 39.0 Å². The summed E-state index contributed by atoms with van der Waals surface area (Å²) in [6.07, 6.45) is 3.00. The molecule has 1 aliphatic rings. The molecule has 3 amide bonds. The van der Waals surface area contributed by atoms with Gasteiger partial charge in [0.15, 0.2) is 0 Å². The molecule has 2 atom stereocenters. The number of nitrogens with one attached hydrogen (secondary N) is 1. The van der Waals surface area contributed by atoms with Crippen molar-refractivity contribution in [2.45, 2.75) is 41.6 Å². The number of amides is 3. The predicted octanol–water partition coefficient (Wildman–Crippen LogP) is 5.31. The van der Waals surface area contributed by atoms with Gasteiger partial charge in [0, 0.05) is 29.1 Å². The van der Waals surface area contributed by atoms with Crippen LogP contribution in [0, 0.1) is 0 Å². The zero-order valence-corrected chi connectivity index (χ0v) is 21.2. The maximum atomic E-state index is 14.2. The summed E-state index contributed by atoms with van der Waals surface area (Å²) in [6.45, 7) is 3.54. The third-order valence-electron chi connectivity index (χ3n) is 6.45. The van der Waals surface area contributed by atoms with Gasteiger partial charge in [-0.15, -0.1) is 0 Å². The maximum Gasteiger partial charge on any atom is 0.446 e. The van der Waals surface area contributed by atoms with Crippen LogP contribution in [-0.4, -0.2) is 33.0 Å². The number of benzene rings is 1. The first-order valence-electron chi connectivity index (χ1n) is 11.0. The molecular weight excluding hydrogens is 529 g/mol. The second-order valence-electron chi connectivity index (χ2n) is 8.57. The first-order valence-corrected chi connectivity index (χ1v) is 12.2. The summed E-state index contributed by atoms with van der Waals surface area (Å²) in [7, 11) is 0. The largest absolute Gasteiger partial charge is 0.446 e. The molecule has 194 valence electrons. The van der Waals surface area contributed by atoms with E-state index in [4.69, 9.17) is 23.1 Å². The van der Waals surface area contributed by atoms with Gasteiger partial charge in [-0.3, -0.25) is 4.79 Å². The number of thioether (sulfide) groups is 1. The number of anilines is 3. The molecule has 0 bridgehead atoms. The lowest BCUT2D eigenvalue weighted by molar-refractivity contribution is -0.123. The van der Waals surface area contributed by atoms with Gasteiger partial charge in [0.05, 0.1) is 10.7 Å². The Labute approximate surface area is 219 Å². The second kappa shape index (κ2) is 9.75. The van der Waals surface area contributed by atoms with Crippen molar-refractivity contribution < 1.29 is 22.8 Å². The van der Waals surface area contributed by atoms with Crippen molar-refractivity contribution in [1.82, 2.24) is 15.3 Å². The van der Waals surface area contributed by atoms with Crippen LogP contribution >= 0.6 is 23.4 Å². The van der Waals surface area contributed by atoms with E-state index in [9.17, 15) is 22.8 Å². The fourth-order valence-electron chi connectivity index (χ4n) is 4.59. The summed E-state index contributed by atoms with van der Waals surface area (Å²) in [4.78, 5) is 36.1. The van der Waals surface area contributed by atoms with Crippen LogP contribution in [0.4, 0.5) is 35.3 Å². The molecule has 0 aliphatic carbocycles. The molecule has 37 heavy (non-hydrogen) atoms. The van der Waals surface area contributed by atoms with Gasteiger partial charge in [0.25, 0.3) is 5.91 Å². The molecule has 1 fully saturated rings. The monoisotopic (exact) mass is 550 g/mol. The SMILES string of the molecule is CC(c1ccnc(N)c1)C1(C(C)c2ccnc(N)c2)NC(=O)N(c2ccc(SC(F)(F)F)c(Cl)c2)C1=O. The Morgan fingerprint density at radius 2 is 1.51 bits per heavy atom. The number of alkyl halides is 3. The number of nitrogens with two attached hydrogens (primary N) is 2. The second-order valence-corrected chi connectivity index (χ2v) is 10.1. The Bertz CT molecular complexity index is 1320. The number of rotatable bonds is 6. The Hall–Kier alpha value is -3.51. The molecule has 2 aromatic heterocycles. The number of nitrogens with zero attached hydrogens (tertiary/aromatic N) is 3. The van der Waals surface area contributed by atoms with Gasteiger partial charge >= 0.3 is 11.5 Å². The van der Waals surface area contributed by atoms with E-state index in [1.54, 1.807) is 38.1 Å². The lowest BCUT2D eigenvalue weighted by atomic mass is 9.70. The minimum absolute atomic E-state index is 0.0313. The van der Waals surface area contributed by atoms with E-state index in [0.29, 0.717) is 11.1 Å². The fourth-order valence-corrected chi connectivity index (χ4v) is 5.42. The predicted molar refractivity (Wildman–Crippen MR) is 136 cm³/mol. The maximum absolute atomic E-state index is 14.2. The van der Waals surface area contributed by atoms with E-state index >= 15 is 0 Å². The molecule has 0 radical (unpaired) electrons. The van der Waals surface area contributed by atoms with Gasteiger partial charge in [-0.1, -0.05) is 25.4 Å². The Balaban J connectivity index is 1.82. The topological polar surface area (TPSA) is 127 Å². The molecule has 1 aliphatic heterocycles. The molecule has 1 aromatic carbocycles. The Kier molecular flexibility index (Phi) is 6.99. The number of nitrogen functional groups attached to an aromatic ring is 2. The van der Waals surface area contributed by atoms with Crippen LogP contribution in [0.15, 0.2) is 59.8 Å². The first-order chi connectivity index (χ1) is 17.3. The van der Waals surface area contributed by atoms with E-state index < -0.39 is 34.8 Å². The number of hydrogen-bond donors (Lipinski definition) is 3. The third kappa shape index (κ3) is 5.03. The van der Waals surface area contributed by atoms with Crippen LogP contribution in [0.2, 0.25) is 5.02 Å². The summed E-state index contributed by atoms with van der Waals surface area (Å²) in [5.74, 6) is -1.37. The quantitative estimate of drug-likeness (QED) is 0.280. The van der Waals surface area contributed by atoms with E-state index in [0.717, 1.165) is 17.0 Å². The number of carbonyl (C=O) groups is 2. The van der Waals surface area contributed by atoms with Crippen LogP contribution < -0.4 is 21.7 Å². The van der Waals surface area contributed by atoms with Crippen LogP contribution in [0.5, 0.6) is 0 Å². The van der Waals surface area contributed by atoms with E-state index in [1.807, 2.05) is 0 Å². The molecule has 5 N–H and O–H groups in total. The van der Waals surface area contributed by atoms with Gasteiger partial charge < -0.3 is 16.8 Å². The highest BCUT2D eigenvalue weighted by atomic mass is 35.5. The van der Waals surface area contributed by atoms with Crippen molar-refractivity contribution in [2.75, 3.05) is 16.4 Å². The van der Waals surface area contributed by atoms with E-state index in [1.165, 1.54) is 18.5 Å². The van der Waals surface area contributed by atoms with Crippen LogP contribution in [0.25, 0.3) is 0 Å². The summed E-state index contributed by atoms with van der Waals surface area (Å²) in [5, 5.41) is 2.61. The minimum Gasteiger partial charge on any atom is -0.384 e. The van der Waals surface area contributed by atoms with Crippen molar-refractivity contribution in [1.29, 1.82) is 0 Å². The molecule has 2 unspecified atom stereocenters. The molecule has 0 spiro atoms. The number of urea groups is 1. The molecule has 3 aromatic rings. The van der Waals surface area contributed by atoms with Crippen molar-refractivity contribution in [3.63, 3.8) is 0 Å². The van der Waals surface area contributed by atoms with Gasteiger partial charge in [-0.25, -0.2) is 19.7 Å². The summed E-state index contributed by atoms with van der Waals surface area (Å²) in [5.41, 5.74) is 7.02. The number of carbonyl (C=O) groups excluding carboxylic acids is 2.